The van der Waals surface area contributed by atoms with Crippen molar-refractivity contribution >= 4 is 46.6 Å². The smallest absolute Gasteiger partial charge is 0.255 e. The third-order valence-corrected chi connectivity index (χ3v) is 5.49. The Morgan fingerprint density at radius 3 is 2.17 bits per heavy atom. The van der Waals surface area contributed by atoms with E-state index in [-0.39, 0.29) is 17.6 Å². The zero-order valence-corrected chi connectivity index (χ0v) is 17.2. The highest BCUT2D eigenvalue weighted by Crippen LogP contribution is 2.26. The van der Waals surface area contributed by atoms with E-state index in [0.29, 0.717) is 22.0 Å². The number of rotatable bonds is 7. The molecule has 29 heavy (non-hydrogen) atoms. The summed E-state index contributed by atoms with van der Waals surface area (Å²) in [5.41, 5.74) is 1.78. The number of thioether (sulfide) groups is 1. The van der Waals surface area contributed by atoms with Crippen molar-refractivity contribution in [2.24, 2.45) is 0 Å². The van der Waals surface area contributed by atoms with E-state index >= 15 is 0 Å². The summed E-state index contributed by atoms with van der Waals surface area (Å²) < 4.78 is 5.10. The van der Waals surface area contributed by atoms with E-state index in [1.165, 1.54) is 11.8 Å². The van der Waals surface area contributed by atoms with Crippen LogP contribution in [0.3, 0.4) is 0 Å². The Kier molecular flexibility index (Phi) is 7.16. The summed E-state index contributed by atoms with van der Waals surface area (Å²) in [4.78, 5) is 25.3. The fourth-order valence-corrected chi connectivity index (χ4v) is 3.52. The number of carbonyl (C=O) groups excluding carboxylic acids is 2. The van der Waals surface area contributed by atoms with Crippen LogP contribution in [0.25, 0.3) is 0 Å². The molecule has 5 nitrogen and oxygen atoms in total. The first kappa shape index (κ1) is 20.8. The van der Waals surface area contributed by atoms with Crippen LogP contribution >= 0.6 is 23.4 Å². The number of carbonyl (C=O) groups is 2. The molecule has 7 heteroatoms. The predicted molar refractivity (Wildman–Crippen MR) is 118 cm³/mol. The van der Waals surface area contributed by atoms with Crippen LogP contribution in [0.4, 0.5) is 11.4 Å². The van der Waals surface area contributed by atoms with Crippen molar-refractivity contribution in [2.45, 2.75) is 4.90 Å². The molecule has 0 aliphatic rings. The van der Waals surface area contributed by atoms with Crippen molar-refractivity contribution < 1.29 is 14.3 Å². The zero-order valence-electron chi connectivity index (χ0n) is 15.6. The number of halogens is 1. The summed E-state index contributed by atoms with van der Waals surface area (Å²) in [6.07, 6.45) is 0. The van der Waals surface area contributed by atoms with Crippen LogP contribution in [0, 0.1) is 0 Å². The normalized spacial score (nSPS) is 10.3. The van der Waals surface area contributed by atoms with Gasteiger partial charge in [0, 0.05) is 21.8 Å². The Hall–Kier alpha value is -2.96. The second-order valence-electron chi connectivity index (χ2n) is 6.03. The summed E-state index contributed by atoms with van der Waals surface area (Å²) in [7, 11) is 1.59. The van der Waals surface area contributed by atoms with E-state index < -0.39 is 0 Å². The largest absolute Gasteiger partial charge is 0.497 e. The Balaban J connectivity index is 1.53. The Bertz CT molecular complexity index is 992. The maximum atomic E-state index is 12.3. The number of nitrogens with one attached hydrogen (secondary N) is 2. The van der Waals surface area contributed by atoms with Crippen molar-refractivity contribution in [3.05, 3.63) is 83.4 Å². The molecule has 0 saturated carbocycles. The first-order valence-corrected chi connectivity index (χ1v) is 10.1. The van der Waals surface area contributed by atoms with Gasteiger partial charge in [-0.15, -0.1) is 11.8 Å². The fraction of sp³-hybridized carbons (Fsp3) is 0.0909. The molecule has 0 fully saturated rings. The quantitative estimate of drug-likeness (QED) is 0.501. The Labute approximate surface area is 178 Å². The van der Waals surface area contributed by atoms with Gasteiger partial charge in [0.15, 0.2) is 0 Å². The van der Waals surface area contributed by atoms with Gasteiger partial charge in [-0.1, -0.05) is 23.7 Å². The van der Waals surface area contributed by atoms with Crippen molar-refractivity contribution in [1.29, 1.82) is 0 Å². The molecule has 3 aromatic carbocycles. The van der Waals surface area contributed by atoms with E-state index in [0.717, 1.165) is 10.6 Å². The van der Waals surface area contributed by atoms with Gasteiger partial charge < -0.3 is 15.4 Å². The first-order chi connectivity index (χ1) is 14.0. The lowest BCUT2D eigenvalue weighted by Gasteiger charge is -2.08. The fourth-order valence-electron chi connectivity index (χ4n) is 2.48. The van der Waals surface area contributed by atoms with Crippen LogP contribution in [0.1, 0.15) is 10.4 Å². The molecule has 0 bridgehead atoms. The van der Waals surface area contributed by atoms with E-state index in [1.54, 1.807) is 61.7 Å². The topological polar surface area (TPSA) is 67.4 Å². The third-order valence-electron chi connectivity index (χ3n) is 3.97. The number of anilines is 2. The molecule has 0 atom stereocenters. The molecule has 148 valence electrons. The number of methoxy groups -OCH3 is 1. The monoisotopic (exact) mass is 426 g/mol. The number of benzene rings is 3. The molecule has 0 aromatic heterocycles. The maximum absolute atomic E-state index is 12.3. The van der Waals surface area contributed by atoms with Crippen LogP contribution in [0.15, 0.2) is 77.7 Å². The second-order valence-corrected chi connectivity index (χ2v) is 7.45. The third kappa shape index (κ3) is 6.01. The molecule has 3 aromatic rings. The molecule has 0 saturated heterocycles. The highest BCUT2D eigenvalue weighted by Gasteiger charge is 2.09. The molecule has 0 aliphatic heterocycles. The summed E-state index contributed by atoms with van der Waals surface area (Å²) >= 11 is 7.46. The van der Waals surface area contributed by atoms with Crippen molar-refractivity contribution in [3.8, 4) is 5.75 Å². The van der Waals surface area contributed by atoms with Crippen molar-refractivity contribution in [3.63, 3.8) is 0 Å². The minimum absolute atomic E-state index is 0.148. The van der Waals surface area contributed by atoms with Crippen LogP contribution in [0.5, 0.6) is 5.75 Å². The minimum Gasteiger partial charge on any atom is -0.497 e. The minimum atomic E-state index is -0.234. The predicted octanol–water partition coefficient (Wildman–Crippen LogP) is 5.33. The molecule has 0 unspecified atom stereocenters. The van der Waals surface area contributed by atoms with Gasteiger partial charge in [-0.2, -0.15) is 0 Å². The van der Waals surface area contributed by atoms with Crippen LogP contribution in [-0.2, 0) is 4.79 Å². The van der Waals surface area contributed by atoms with Gasteiger partial charge in [-0.3, -0.25) is 9.59 Å². The highest BCUT2D eigenvalue weighted by atomic mass is 35.5. The van der Waals surface area contributed by atoms with Gasteiger partial charge in [0.25, 0.3) is 5.91 Å². The SMILES string of the molecule is COc1ccc(NC(=O)c2ccc(NC(=O)CSc3ccccc3Cl)cc2)cc1. The van der Waals surface area contributed by atoms with E-state index in [4.69, 9.17) is 16.3 Å². The summed E-state index contributed by atoms with van der Waals surface area (Å²) in [5.74, 6) is 0.576. The molecule has 0 radical (unpaired) electrons. The van der Waals surface area contributed by atoms with Gasteiger partial charge in [0.05, 0.1) is 17.9 Å². The molecule has 0 spiro atoms. The maximum Gasteiger partial charge on any atom is 0.255 e. The molecule has 0 heterocycles. The Morgan fingerprint density at radius 2 is 1.52 bits per heavy atom. The second kappa shape index (κ2) is 10.0. The standard InChI is InChI=1S/C22H19ClN2O3S/c1-28-18-12-10-17(11-13-18)25-22(27)15-6-8-16(9-7-15)24-21(26)14-29-20-5-3-2-4-19(20)23/h2-13H,14H2,1H3,(H,24,26)(H,25,27). The van der Waals surface area contributed by atoms with Gasteiger partial charge in [-0.05, 0) is 60.7 Å². The summed E-state index contributed by atoms with van der Waals surface area (Å²) in [6.45, 7) is 0. The molecule has 2 amide bonds. The number of amides is 2. The molecule has 3 rings (SSSR count). The van der Waals surface area contributed by atoms with Crippen molar-refractivity contribution in [2.75, 3.05) is 23.5 Å². The van der Waals surface area contributed by atoms with Crippen LogP contribution in [-0.4, -0.2) is 24.7 Å². The van der Waals surface area contributed by atoms with E-state index in [1.807, 2.05) is 18.2 Å². The van der Waals surface area contributed by atoms with E-state index in [2.05, 4.69) is 10.6 Å². The van der Waals surface area contributed by atoms with Crippen LogP contribution in [0.2, 0.25) is 5.02 Å². The zero-order chi connectivity index (χ0) is 20.6. The van der Waals surface area contributed by atoms with E-state index in [9.17, 15) is 9.59 Å². The molecular weight excluding hydrogens is 408 g/mol. The lowest BCUT2D eigenvalue weighted by Crippen LogP contribution is -2.15. The lowest BCUT2D eigenvalue weighted by atomic mass is 10.2. The number of hydrogen-bond acceptors (Lipinski definition) is 4. The summed E-state index contributed by atoms with van der Waals surface area (Å²) in [5, 5.41) is 6.25. The van der Waals surface area contributed by atoms with Gasteiger partial charge in [-0.25, -0.2) is 0 Å². The molecule has 0 aliphatic carbocycles. The van der Waals surface area contributed by atoms with Crippen molar-refractivity contribution in [1.82, 2.24) is 0 Å². The number of hydrogen-bond donors (Lipinski definition) is 2. The van der Waals surface area contributed by atoms with Gasteiger partial charge in [0.2, 0.25) is 5.91 Å². The number of ether oxygens (including phenoxy) is 1. The van der Waals surface area contributed by atoms with Crippen LogP contribution < -0.4 is 15.4 Å². The highest BCUT2D eigenvalue weighted by molar-refractivity contribution is 8.00. The van der Waals surface area contributed by atoms with Gasteiger partial charge in [0.1, 0.15) is 5.75 Å². The average Bonchev–Trinajstić information content (AvgIpc) is 2.74. The average molecular weight is 427 g/mol. The Morgan fingerprint density at radius 1 is 0.897 bits per heavy atom. The first-order valence-electron chi connectivity index (χ1n) is 8.78. The summed E-state index contributed by atoms with van der Waals surface area (Å²) in [6, 6.07) is 21.2. The lowest BCUT2D eigenvalue weighted by molar-refractivity contribution is -0.113. The molecule has 2 N–H and O–H groups in total. The molecular formula is C22H19ClN2O3S. The van der Waals surface area contributed by atoms with Gasteiger partial charge >= 0.3 is 0 Å².